The monoisotopic (exact) mass is 263 g/mol. The first-order valence-corrected chi connectivity index (χ1v) is 7.12. The maximum atomic E-state index is 12.2. The molecular formula is C14H17NO2S. The molecule has 1 aromatic rings. The van der Waals surface area contributed by atoms with E-state index >= 15 is 0 Å². The van der Waals surface area contributed by atoms with Crippen molar-refractivity contribution < 1.29 is 9.53 Å². The molecule has 0 aliphatic carbocycles. The number of rotatable bonds is 5. The molecule has 0 saturated heterocycles. The first kappa shape index (κ1) is 13.1. The molecule has 1 unspecified atom stereocenters. The molecule has 18 heavy (non-hydrogen) atoms. The smallest absolute Gasteiger partial charge is 0.182 e. The highest BCUT2D eigenvalue weighted by molar-refractivity contribution is 8.02. The van der Waals surface area contributed by atoms with Crippen LogP contribution in [0.4, 0.5) is 0 Å². The number of fused-ring (bicyclic) bond motifs is 1. The number of benzene rings is 1. The first-order valence-electron chi connectivity index (χ1n) is 6.24. The molecule has 0 radical (unpaired) electrons. The van der Waals surface area contributed by atoms with Crippen molar-refractivity contribution in [3.63, 3.8) is 0 Å². The summed E-state index contributed by atoms with van der Waals surface area (Å²) in [5.41, 5.74) is 0.763. The molecule has 0 saturated carbocycles. The molecule has 1 aliphatic heterocycles. The highest BCUT2D eigenvalue weighted by atomic mass is 32.2. The molecule has 0 spiro atoms. The second kappa shape index (κ2) is 6.05. The molecule has 0 aromatic heterocycles. The highest BCUT2D eigenvalue weighted by Crippen LogP contribution is 2.38. The standard InChI is InChI=1S/C14H17NO2S/c1-3-7-15-9-13-14(16)11-8-10(17-4-2)5-6-12(11)18-13/h5-6,8-9,13H,3-4,7H2,1-2H3. The van der Waals surface area contributed by atoms with Crippen molar-refractivity contribution in [3.05, 3.63) is 23.8 Å². The number of hydrogen-bond donors (Lipinski definition) is 0. The van der Waals surface area contributed by atoms with Gasteiger partial charge in [-0.25, -0.2) is 0 Å². The summed E-state index contributed by atoms with van der Waals surface area (Å²) in [6.07, 6.45) is 2.78. The third-order valence-electron chi connectivity index (χ3n) is 2.63. The van der Waals surface area contributed by atoms with Crippen LogP contribution in [-0.2, 0) is 0 Å². The Bertz CT molecular complexity index is 471. The molecular weight excluding hydrogens is 246 g/mol. The van der Waals surface area contributed by atoms with Crippen LogP contribution in [0.1, 0.15) is 30.6 Å². The summed E-state index contributed by atoms with van der Waals surface area (Å²) < 4.78 is 5.42. The number of ketones is 1. The van der Waals surface area contributed by atoms with E-state index in [-0.39, 0.29) is 11.0 Å². The fraction of sp³-hybridized carbons (Fsp3) is 0.429. The molecule has 0 N–H and O–H groups in total. The van der Waals surface area contributed by atoms with E-state index in [1.807, 2.05) is 25.1 Å². The lowest BCUT2D eigenvalue weighted by atomic mass is 10.1. The van der Waals surface area contributed by atoms with Gasteiger partial charge in [0.2, 0.25) is 0 Å². The summed E-state index contributed by atoms with van der Waals surface area (Å²) in [4.78, 5) is 17.5. The minimum absolute atomic E-state index is 0.136. The van der Waals surface area contributed by atoms with Crippen molar-refractivity contribution in [1.82, 2.24) is 0 Å². The van der Waals surface area contributed by atoms with Crippen LogP contribution in [0.25, 0.3) is 0 Å². The number of nitrogens with zero attached hydrogens (tertiary/aromatic N) is 1. The van der Waals surface area contributed by atoms with Crippen LogP contribution in [-0.4, -0.2) is 30.4 Å². The first-order chi connectivity index (χ1) is 8.76. The van der Waals surface area contributed by atoms with Crippen molar-refractivity contribution in [2.75, 3.05) is 13.2 Å². The average molecular weight is 263 g/mol. The summed E-state index contributed by atoms with van der Waals surface area (Å²) >= 11 is 1.57. The molecule has 96 valence electrons. The lowest BCUT2D eigenvalue weighted by Crippen LogP contribution is -2.13. The van der Waals surface area contributed by atoms with Crippen LogP contribution in [0.3, 0.4) is 0 Å². The van der Waals surface area contributed by atoms with Crippen LogP contribution in [0.2, 0.25) is 0 Å². The van der Waals surface area contributed by atoms with Gasteiger partial charge in [-0.05, 0) is 31.5 Å². The van der Waals surface area contributed by atoms with E-state index < -0.39 is 0 Å². The van der Waals surface area contributed by atoms with E-state index in [9.17, 15) is 4.79 Å². The van der Waals surface area contributed by atoms with E-state index in [2.05, 4.69) is 11.9 Å². The van der Waals surface area contributed by atoms with Gasteiger partial charge in [0.15, 0.2) is 5.78 Å². The molecule has 2 rings (SSSR count). The van der Waals surface area contributed by atoms with Gasteiger partial charge in [-0.1, -0.05) is 6.92 Å². The minimum Gasteiger partial charge on any atom is -0.494 e. The summed E-state index contributed by atoms with van der Waals surface area (Å²) in [6, 6.07) is 5.70. The Morgan fingerprint density at radius 2 is 2.28 bits per heavy atom. The Labute approximate surface area is 112 Å². The third-order valence-corrected chi connectivity index (χ3v) is 3.83. The maximum absolute atomic E-state index is 12.2. The van der Waals surface area contributed by atoms with Gasteiger partial charge in [0, 0.05) is 23.2 Å². The molecule has 1 heterocycles. The topological polar surface area (TPSA) is 38.7 Å². The van der Waals surface area contributed by atoms with Crippen LogP contribution in [0.5, 0.6) is 5.75 Å². The van der Waals surface area contributed by atoms with Crippen LogP contribution < -0.4 is 4.74 Å². The number of hydrogen-bond acceptors (Lipinski definition) is 4. The Hall–Kier alpha value is -1.29. The molecule has 0 bridgehead atoms. The minimum atomic E-state index is -0.163. The van der Waals surface area contributed by atoms with Crippen LogP contribution in [0, 0.1) is 0 Å². The van der Waals surface area contributed by atoms with Gasteiger partial charge >= 0.3 is 0 Å². The summed E-state index contributed by atoms with van der Waals surface area (Å²) in [5.74, 6) is 0.896. The van der Waals surface area contributed by atoms with Crippen molar-refractivity contribution in [1.29, 1.82) is 0 Å². The van der Waals surface area contributed by atoms with E-state index in [0.717, 1.165) is 29.2 Å². The number of aliphatic imine (C=N–C) groups is 1. The number of Topliss-reactive ketones (excluding diaryl/α,β-unsaturated/α-hetero) is 1. The fourth-order valence-electron chi connectivity index (χ4n) is 1.80. The Morgan fingerprint density at radius 3 is 3.00 bits per heavy atom. The van der Waals surface area contributed by atoms with E-state index in [4.69, 9.17) is 4.74 Å². The van der Waals surface area contributed by atoms with Crippen LogP contribution >= 0.6 is 11.8 Å². The molecule has 4 heteroatoms. The molecule has 0 fully saturated rings. The number of ether oxygens (including phenoxy) is 1. The molecule has 3 nitrogen and oxygen atoms in total. The van der Waals surface area contributed by atoms with Gasteiger partial charge < -0.3 is 4.74 Å². The third kappa shape index (κ3) is 2.75. The van der Waals surface area contributed by atoms with Gasteiger partial charge in [0.05, 0.1) is 6.61 Å². The molecule has 1 aliphatic rings. The van der Waals surface area contributed by atoms with E-state index in [1.54, 1.807) is 18.0 Å². The van der Waals surface area contributed by atoms with Gasteiger partial charge in [-0.15, -0.1) is 11.8 Å². The van der Waals surface area contributed by atoms with E-state index in [0.29, 0.717) is 6.61 Å². The van der Waals surface area contributed by atoms with Crippen LogP contribution in [0.15, 0.2) is 28.1 Å². The van der Waals surface area contributed by atoms with Crippen molar-refractivity contribution in [3.8, 4) is 5.75 Å². The second-order valence-corrected chi connectivity index (χ2v) is 5.23. The quantitative estimate of drug-likeness (QED) is 0.766. The number of thioether (sulfide) groups is 1. The molecule has 1 aromatic carbocycles. The van der Waals surface area contributed by atoms with E-state index in [1.165, 1.54) is 0 Å². The highest BCUT2D eigenvalue weighted by Gasteiger charge is 2.30. The van der Waals surface area contributed by atoms with Gasteiger partial charge in [-0.3, -0.25) is 9.79 Å². The Balaban J connectivity index is 2.15. The van der Waals surface area contributed by atoms with Crippen molar-refractivity contribution >= 4 is 23.8 Å². The Morgan fingerprint density at radius 1 is 1.44 bits per heavy atom. The summed E-state index contributed by atoms with van der Waals surface area (Å²) in [6.45, 7) is 5.40. The van der Waals surface area contributed by atoms with Gasteiger partial charge in [-0.2, -0.15) is 0 Å². The lowest BCUT2D eigenvalue weighted by molar-refractivity contribution is 0.101. The maximum Gasteiger partial charge on any atom is 0.182 e. The fourth-order valence-corrected chi connectivity index (χ4v) is 2.89. The average Bonchev–Trinajstić information content (AvgIpc) is 2.68. The zero-order valence-corrected chi connectivity index (χ0v) is 11.5. The number of carbonyl (C=O) groups is 1. The predicted octanol–water partition coefficient (Wildman–Crippen LogP) is 3.22. The van der Waals surface area contributed by atoms with Gasteiger partial charge in [0.1, 0.15) is 11.0 Å². The molecule has 1 atom stereocenters. The normalized spacial score (nSPS) is 18.3. The molecule has 0 amide bonds. The number of carbonyl (C=O) groups excluding carboxylic acids is 1. The largest absolute Gasteiger partial charge is 0.494 e. The summed E-state index contributed by atoms with van der Waals surface area (Å²) in [7, 11) is 0. The zero-order valence-electron chi connectivity index (χ0n) is 10.7. The second-order valence-electron chi connectivity index (χ2n) is 4.05. The summed E-state index contributed by atoms with van der Waals surface area (Å²) in [5, 5.41) is -0.163. The lowest BCUT2D eigenvalue weighted by Gasteiger charge is -2.03. The zero-order chi connectivity index (χ0) is 13.0. The Kier molecular flexibility index (Phi) is 4.42. The van der Waals surface area contributed by atoms with Crippen molar-refractivity contribution in [2.45, 2.75) is 30.4 Å². The predicted molar refractivity (Wildman–Crippen MR) is 75.2 cm³/mol. The SMILES string of the molecule is CCCN=CC1Sc2ccc(OCC)cc2C1=O. The van der Waals surface area contributed by atoms with Crippen molar-refractivity contribution in [2.24, 2.45) is 4.99 Å². The van der Waals surface area contributed by atoms with Gasteiger partial charge in [0.25, 0.3) is 0 Å².